The Morgan fingerprint density at radius 1 is 1.00 bits per heavy atom. The molecule has 0 spiro atoms. The first kappa shape index (κ1) is 15.1. The molecule has 0 unspecified atom stereocenters. The number of alkyl halides is 3. The van der Waals surface area contributed by atoms with Crippen molar-refractivity contribution >= 4 is 32.5 Å². The molecule has 0 saturated carbocycles. The normalized spacial score (nSPS) is 12.1. The van der Waals surface area contributed by atoms with Crippen molar-refractivity contribution in [2.75, 3.05) is 5.32 Å². The fourth-order valence-corrected chi connectivity index (χ4v) is 2.07. The molecule has 0 heterocycles. The quantitative estimate of drug-likeness (QED) is 0.894. The van der Waals surface area contributed by atoms with Gasteiger partial charge in [0.1, 0.15) is 0 Å². The van der Waals surface area contributed by atoms with E-state index < -0.39 is 21.6 Å². The van der Waals surface area contributed by atoms with Crippen molar-refractivity contribution < 1.29 is 26.4 Å². The van der Waals surface area contributed by atoms with Crippen LogP contribution in [0.5, 0.6) is 0 Å². The van der Waals surface area contributed by atoms with E-state index in [4.69, 9.17) is 0 Å². The zero-order chi connectivity index (χ0) is 15.7. The van der Waals surface area contributed by atoms with Gasteiger partial charge in [0.2, 0.25) is 0 Å². The number of nitrogens with one attached hydrogen (secondary N) is 2. The summed E-state index contributed by atoms with van der Waals surface area (Å²) in [6.07, 6.45) is 0. The Morgan fingerprint density at radius 3 is 2.29 bits per heavy atom. The second kappa shape index (κ2) is 5.24. The van der Waals surface area contributed by atoms with E-state index in [2.05, 4.69) is 5.32 Å². The molecular weight excluding hydrogens is 309 g/mol. The maximum absolute atomic E-state index is 12.2. The highest BCUT2D eigenvalue weighted by Gasteiger charge is 2.47. The first-order valence-corrected chi connectivity index (χ1v) is 7.07. The van der Waals surface area contributed by atoms with Crippen molar-refractivity contribution in [3.8, 4) is 0 Å². The molecule has 0 aliphatic heterocycles. The van der Waals surface area contributed by atoms with Gasteiger partial charge in [0, 0.05) is 5.39 Å². The first-order valence-electron chi connectivity index (χ1n) is 5.58. The number of rotatable bonds is 2. The van der Waals surface area contributed by atoms with Gasteiger partial charge >= 0.3 is 21.6 Å². The molecule has 2 aromatic carbocycles. The summed E-state index contributed by atoms with van der Waals surface area (Å²) in [5.74, 6) is 0. The number of benzene rings is 2. The predicted molar refractivity (Wildman–Crippen MR) is 71.1 cm³/mol. The van der Waals surface area contributed by atoms with Gasteiger partial charge in [0.05, 0.1) is 5.69 Å². The van der Waals surface area contributed by atoms with Crippen molar-refractivity contribution in [2.45, 2.75) is 5.51 Å². The molecular formula is C12H9F3N2O3S. The summed E-state index contributed by atoms with van der Waals surface area (Å²) < 4.78 is 59.0. The highest BCUT2D eigenvalue weighted by atomic mass is 32.2. The average molecular weight is 318 g/mol. The number of carbonyl (C=O) groups excluding carboxylic acids is 1. The first-order chi connectivity index (χ1) is 9.71. The molecule has 0 radical (unpaired) electrons. The molecule has 0 aromatic heterocycles. The van der Waals surface area contributed by atoms with Crippen LogP contribution in [-0.2, 0) is 10.0 Å². The van der Waals surface area contributed by atoms with E-state index in [1.807, 2.05) is 0 Å². The summed E-state index contributed by atoms with van der Waals surface area (Å²) in [6, 6.07) is 10.1. The van der Waals surface area contributed by atoms with Gasteiger partial charge in [0.25, 0.3) is 0 Å². The maximum Gasteiger partial charge on any atom is 0.516 e. The molecule has 0 fully saturated rings. The molecule has 9 heteroatoms. The Morgan fingerprint density at radius 2 is 1.62 bits per heavy atom. The molecule has 0 atom stereocenters. The minimum atomic E-state index is -5.73. The Kier molecular flexibility index (Phi) is 3.77. The van der Waals surface area contributed by atoms with Crippen LogP contribution in [0.15, 0.2) is 42.5 Å². The number of hydrogen-bond donors (Lipinski definition) is 2. The summed E-state index contributed by atoms with van der Waals surface area (Å²) in [5.41, 5.74) is -5.36. The van der Waals surface area contributed by atoms with Crippen LogP contribution >= 0.6 is 0 Å². The number of hydrogen-bond acceptors (Lipinski definition) is 3. The minimum Gasteiger partial charge on any atom is -0.307 e. The SMILES string of the molecule is O=C(Nc1cccc2ccccc12)NS(=O)(=O)C(F)(F)F. The van der Waals surface area contributed by atoms with Crippen LogP contribution in [0, 0.1) is 0 Å². The summed E-state index contributed by atoms with van der Waals surface area (Å²) in [4.78, 5) is 11.4. The number of anilines is 1. The molecule has 0 aliphatic rings. The van der Waals surface area contributed by atoms with E-state index in [1.54, 1.807) is 36.4 Å². The van der Waals surface area contributed by atoms with Gasteiger partial charge in [-0.05, 0) is 11.5 Å². The number of urea groups is 1. The lowest BCUT2D eigenvalue weighted by molar-refractivity contribution is -0.0444. The smallest absolute Gasteiger partial charge is 0.307 e. The summed E-state index contributed by atoms with van der Waals surface area (Å²) >= 11 is 0. The fourth-order valence-electron chi connectivity index (χ4n) is 1.66. The van der Waals surface area contributed by atoms with Crippen molar-refractivity contribution in [2.24, 2.45) is 0 Å². The van der Waals surface area contributed by atoms with E-state index in [0.29, 0.717) is 5.39 Å². The standard InChI is InChI=1S/C12H9F3N2O3S/c13-12(14,15)21(19,20)17-11(18)16-10-7-3-5-8-4-1-2-6-9(8)10/h1-7H,(H2,16,17,18). The van der Waals surface area contributed by atoms with Gasteiger partial charge in [-0.3, -0.25) is 0 Å². The fraction of sp³-hybridized carbons (Fsp3) is 0.0833. The highest BCUT2D eigenvalue weighted by Crippen LogP contribution is 2.24. The van der Waals surface area contributed by atoms with Gasteiger partial charge in [-0.15, -0.1) is 0 Å². The van der Waals surface area contributed by atoms with Crippen LogP contribution < -0.4 is 10.0 Å². The number of halogens is 3. The van der Waals surface area contributed by atoms with E-state index in [-0.39, 0.29) is 5.69 Å². The molecule has 2 aromatic rings. The van der Waals surface area contributed by atoms with Gasteiger partial charge in [-0.2, -0.15) is 21.6 Å². The van der Waals surface area contributed by atoms with Crippen LogP contribution in [0.4, 0.5) is 23.7 Å². The van der Waals surface area contributed by atoms with Crippen LogP contribution in [0.2, 0.25) is 0 Å². The minimum absolute atomic E-state index is 0.197. The molecule has 2 N–H and O–H groups in total. The summed E-state index contributed by atoms with van der Waals surface area (Å²) in [5, 5.41) is 3.40. The monoisotopic (exact) mass is 318 g/mol. The van der Waals surface area contributed by atoms with Crippen LogP contribution in [0.1, 0.15) is 0 Å². The Hall–Kier alpha value is -2.29. The number of amides is 2. The third-order valence-corrected chi connectivity index (χ3v) is 3.63. The third kappa shape index (κ3) is 3.24. The summed E-state index contributed by atoms with van der Waals surface area (Å²) in [7, 11) is -5.73. The number of fused-ring (bicyclic) bond motifs is 1. The molecule has 0 saturated heterocycles. The largest absolute Gasteiger partial charge is 0.516 e. The lowest BCUT2D eigenvalue weighted by Crippen LogP contribution is -2.42. The maximum atomic E-state index is 12.2. The molecule has 0 bridgehead atoms. The predicted octanol–water partition coefficient (Wildman–Crippen LogP) is 2.81. The highest BCUT2D eigenvalue weighted by molar-refractivity contribution is 7.90. The topological polar surface area (TPSA) is 75.3 Å². The third-order valence-electron chi connectivity index (χ3n) is 2.57. The molecule has 112 valence electrons. The molecule has 21 heavy (non-hydrogen) atoms. The molecule has 2 amide bonds. The zero-order valence-electron chi connectivity index (χ0n) is 10.3. The van der Waals surface area contributed by atoms with Crippen molar-refractivity contribution in [3.05, 3.63) is 42.5 Å². The molecule has 2 rings (SSSR count). The van der Waals surface area contributed by atoms with Gasteiger partial charge in [-0.25, -0.2) is 9.52 Å². The van der Waals surface area contributed by atoms with Crippen molar-refractivity contribution in [1.82, 2.24) is 4.72 Å². The van der Waals surface area contributed by atoms with Crippen LogP contribution in [0.3, 0.4) is 0 Å². The average Bonchev–Trinajstić information content (AvgIpc) is 2.37. The van der Waals surface area contributed by atoms with Crippen molar-refractivity contribution in [3.63, 3.8) is 0 Å². The van der Waals surface area contributed by atoms with Crippen LogP contribution in [0.25, 0.3) is 10.8 Å². The molecule has 0 aliphatic carbocycles. The Bertz CT molecular complexity index is 782. The van der Waals surface area contributed by atoms with E-state index >= 15 is 0 Å². The number of carbonyl (C=O) groups is 1. The van der Waals surface area contributed by atoms with Gasteiger partial charge in [0.15, 0.2) is 0 Å². The van der Waals surface area contributed by atoms with Crippen LogP contribution in [-0.4, -0.2) is 20.0 Å². The van der Waals surface area contributed by atoms with Crippen molar-refractivity contribution in [1.29, 1.82) is 0 Å². The lowest BCUT2D eigenvalue weighted by atomic mass is 10.1. The van der Waals surface area contributed by atoms with Gasteiger partial charge < -0.3 is 5.32 Å². The second-order valence-corrected chi connectivity index (χ2v) is 5.71. The van der Waals surface area contributed by atoms with E-state index in [1.165, 1.54) is 6.07 Å². The number of sulfonamides is 1. The Balaban J connectivity index is 2.24. The van der Waals surface area contributed by atoms with E-state index in [0.717, 1.165) is 10.1 Å². The van der Waals surface area contributed by atoms with Gasteiger partial charge in [-0.1, -0.05) is 36.4 Å². The lowest BCUT2D eigenvalue weighted by Gasteiger charge is -2.11. The molecule has 5 nitrogen and oxygen atoms in total. The Labute approximate surface area is 117 Å². The van der Waals surface area contributed by atoms with E-state index in [9.17, 15) is 26.4 Å². The zero-order valence-corrected chi connectivity index (χ0v) is 11.1. The second-order valence-electron chi connectivity index (χ2n) is 4.03. The summed E-state index contributed by atoms with van der Waals surface area (Å²) in [6.45, 7) is 0.